The van der Waals surface area contributed by atoms with E-state index in [4.69, 9.17) is 81.2 Å². The van der Waals surface area contributed by atoms with Crippen LogP contribution in [0.2, 0.25) is 0 Å². The van der Waals surface area contributed by atoms with Crippen LogP contribution in [0, 0.1) is 10.7 Å². The van der Waals surface area contributed by atoms with Crippen LogP contribution in [-0.2, 0) is 0 Å². The first kappa shape index (κ1) is 13.0. The Morgan fingerprint density at radius 1 is 1.00 bits per heavy atom. The second-order valence-electron chi connectivity index (χ2n) is 1.57. The summed E-state index contributed by atoms with van der Waals surface area (Å²) in [6, 6.07) is 0. The Bertz CT molecular complexity index is 128. The maximum absolute atomic E-state index is 5.55. The van der Waals surface area contributed by atoms with Gasteiger partial charge in [-0.2, -0.15) is 0 Å². The van der Waals surface area contributed by atoms with Crippen LogP contribution in [0.5, 0.6) is 0 Å². The van der Waals surface area contributed by atoms with Gasteiger partial charge in [0, 0.05) is 0 Å². The average Bonchev–Trinajstić information content (AvgIpc) is 1.87. The van der Waals surface area contributed by atoms with Crippen molar-refractivity contribution in [1.29, 1.82) is 0 Å². The molecule has 2 radical (unpaired) electrons. The van der Waals surface area contributed by atoms with E-state index in [1.165, 1.54) is 0 Å². The topological polar surface area (TPSA) is 0 Å². The SMILES string of the molecule is Cl[CH]C(Cl)(Cl)C(Cl)(Cl)[C](Cl)Cl. The van der Waals surface area contributed by atoms with E-state index in [0.717, 1.165) is 5.88 Å². The zero-order valence-corrected chi connectivity index (χ0v) is 10.0. The molecule has 0 aliphatic heterocycles. The highest BCUT2D eigenvalue weighted by Gasteiger charge is 2.52. The highest BCUT2D eigenvalue weighted by molar-refractivity contribution is 6.72. The Labute approximate surface area is 100.0 Å². The molecule has 0 unspecified atom stereocenters. The van der Waals surface area contributed by atoms with Crippen LogP contribution in [0.4, 0.5) is 0 Å². The van der Waals surface area contributed by atoms with Gasteiger partial charge in [-0.1, -0.05) is 69.6 Å². The molecule has 66 valence electrons. The van der Waals surface area contributed by atoms with E-state index in [2.05, 4.69) is 0 Å². The molecule has 0 aromatic heterocycles. The Balaban J connectivity index is 4.53. The summed E-state index contributed by atoms with van der Waals surface area (Å²) in [6.07, 6.45) is 0. The molecule has 0 N–H and O–H groups in total. The predicted octanol–water partition coefficient (Wildman–Crippen LogP) is 4.70. The summed E-state index contributed by atoms with van der Waals surface area (Å²) >= 11 is 38.0. The standard InChI is InChI=1S/C4HCl7/c5-1-3(8,9)4(10,11)2(6)7/h1H. The summed E-state index contributed by atoms with van der Waals surface area (Å²) in [5.41, 5.74) is 0. The van der Waals surface area contributed by atoms with E-state index in [0.29, 0.717) is 0 Å². The molecule has 0 spiro atoms. The molecule has 0 bridgehead atoms. The molecule has 0 aromatic rings. The summed E-state index contributed by atoms with van der Waals surface area (Å²) in [4.78, 5) is -0.372. The lowest BCUT2D eigenvalue weighted by Crippen LogP contribution is -2.37. The molecule has 7 heteroatoms. The third kappa shape index (κ3) is 3.02. The monoisotopic (exact) mass is 294 g/mol. The van der Waals surface area contributed by atoms with Crippen LogP contribution >= 0.6 is 81.2 Å². The van der Waals surface area contributed by atoms with Crippen LogP contribution in [0.15, 0.2) is 0 Å². The van der Waals surface area contributed by atoms with Crippen molar-refractivity contribution in [2.45, 2.75) is 8.67 Å². The zero-order chi connectivity index (χ0) is 9.28. The maximum Gasteiger partial charge on any atom is 0.189 e. The quantitative estimate of drug-likeness (QED) is 0.662. The van der Waals surface area contributed by atoms with E-state index < -0.39 is 8.67 Å². The van der Waals surface area contributed by atoms with E-state index in [9.17, 15) is 0 Å². The Hall–Kier alpha value is 2.03. The Morgan fingerprint density at radius 2 is 1.36 bits per heavy atom. The van der Waals surface area contributed by atoms with Crippen LogP contribution in [0.25, 0.3) is 0 Å². The van der Waals surface area contributed by atoms with E-state index in [1.54, 1.807) is 0 Å². The lowest BCUT2D eigenvalue weighted by Gasteiger charge is -2.30. The molecule has 0 saturated heterocycles. The molecule has 0 nitrogen and oxygen atoms in total. The third-order valence-corrected chi connectivity index (χ3v) is 4.44. The fourth-order valence-corrected chi connectivity index (χ4v) is 1.26. The van der Waals surface area contributed by atoms with Crippen LogP contribution in [0.3, 0.4) is 0 Å². The van der Waals surface area contributed by atoms with E-state index >= 15 is 0 Å². The Kier molecular flexibility index (Phi) is 5.33. The van der Waals surface area contributed by atoms with Gasteiger partial charge in [-0.15, -0.1) is 11.6 Å². The highest BCUT2D eigenvalue weighted by atomic mass is 35.5. The molecular weight excluding hydrogens is 296 g/mol. The van der Waals surface area contributed by atoms with Crippen molar-refractivity contribution in [2.75, 3.05) is 0 Å². The van der Waals surface area contributed by atoms with Gasteiger partial charge < -0.3 is 0 Å². The first-order valence-corrected chi connectivity index (χ1v) is 4.85. The second kappa shape index (κ2) is 4.50. The molecule has 0 aliphatic rings. The third-order valence-electron chi connectivity index (χ3n) is 0.793. The molecule has 0 fully saturated rings. The fraction of sp³-hybridized carbons (Fsp3) is 0.500. The van der Waals surface area contributed by atoms with Crippen molar-refractivity contribution < 1.29 is 0 Å². The fourth-order valence-electron chi connectivity index (χ4n) is 0.194. The van der Waals surface area contributed by atoms with E-state index in [-0.39, 0.29) is 4.84 Å². The highest BCUT2D eigenvalue weighted by Crippen LogP contribution is 2.53. The summed E-state index contributed by atoms with van der Waals surface area (Å²) in [5.74, 6) is 0.862. The van der Waals surface area contributed by atoms with Gasteiger partial charge in [-0.25, -0.2) is 0 Å². The second-order valence-corrected chi connectivity index (χ2v) is 5.45. The van der Waals surface area contributed by atoms with Crippen molar-refractivity contribution in [3.8, 4) is 0 Å². The molecule has 0 heterocycles. The molecule has 0 aliphatic carbocycles. The minimum atomic E-state index is -1.82. The lowest BCUT2D eigenvalue weighted by atomic mass is 10.3. The average molecular weight is 297 g/mol. The van der Waals surface area contributed by atoms with Gasteiger partial charge in [0.2, 0.25) is 0 Å². The zero-order valence-electron chi connectivity index (χ0n) is 4.72. The summed E-state index contributed by atoms with van der Waals surface area (Å²) in [5, 5.41) is 0. The largest absolute Gasteiger partial charge is 0.189 e. The number of hydrogen-bond donors (Lipinski definition) is 0. The number of halogens is 7. The van der Waals surface area contributed by atoms with Crippen molar-refractivity contribution in [2.24, 2.45) is 0 Å². The van der Waals surface area contributed by atoms with Gasteiger partial charge in [-0.05, 0) is 0 Å². The Morgan fingerprint density at radius 3 is 1.45 bits per heavy atom. The summed E-state index contributed by atoms with van der Waals surface area (Å²) < 4.78 is -3.54. The summed E-state index contributed by atoms with van der Waals surface area (Å²) in [7, 11) is 0. The van der Waals surface area contributed by atoms with Gasteiger partial charge >= 0.3 is 0 Å². The molecule has 0 aromatic carbocycles. The van der Waals surface area contributed by atoms with Gasteiger partial charge in [0.1, 0.15) is 0 Å². The normalized spacial score (nSPS) is 14.2. The van der Waals surface area contributed by atoms with Crippen molar-refractivity contribution in [3.63, 3.8) is 0 Å². The molecule has 0 saturated carbocycles. The lowest BCUT2D eigenvalue weighted by molar-refractivity contribution is 0.853. The molecule has 0 amide bonds. The van der Waals surface area contributed by atoms with Gasteiger partial charge in [0.05, 0.1) is 5.88 Å². The van der Waals surface area contributed by atoms with Crippen molar-refractivity contribution in [1.82, 2.24) is 0 Å². The van der Waals surface area contributed by atoms with Crippen LogP contribution < -0.4 is 0 Å². The predicted molar refractivity (Wildman–Crippen MR) is 54.0 cm³/mol. The molecule has 0 rings (SSSR count). The number of alkyl halides is 4. The van der Waals surface area contributed by atoms with Crippen LogP contribution in [0.1, 0.15) is 0 Å². The van der Waals surface area contributed by atoms with Gasteiger partial charge in [0.25, 0.3) is 0 Å². The maximum atomic E-state index is 5.55. The molecule has 0 atom stereocenters. The summed E-state index contributed by atoms with van der Waals surface area (Å²) in [6.45, 7) is 0. The van der Waals surface area contributed by atoms with Gasteiger partial charge in [0.15, 0.2) is 13.5 Å². The minimum Gasteiger partial charge on any atom is -0.118 e. The first-order chi connectivity index (χ1) is 4.75. The molecule has 11 heavy (non-hydrogen) atoms. The van der Waals surface area contributed by atoms with Crippen molar-refractivity contribution in [3.05, 3.63) is 10.7 Å². The van der Waals surface area contributed by atoms with Gasteiger partial charge in [-0.3, -0.25) is 0 Å². The van der Waals surface area contributed by atoms with E-state index in [1.807, 2.05) is 0 Å². The minimum absolute atomic E-state index is 0.372. The van der Waals surface area contributed by atoms with Crippen molar-refractivity contribution >= 4 is 81.2 Å². The number of hydrogen-bond acceptors (Lipinski definition) is 0. The van der Waals surface area contributed by atoms with Crippen LogP contribution in [-0.4, -0.2) is 8.67 Å². The number of rotatable bonds is 3. The smallest absolute Gasteiger partial charge is 0.118 e. The first-order valence-electron chi connectivity index (χ1n) is 2.14. The molecular formula is C4HCl7.